The molecule has 0 spiro atoms. The van der Waals surface area contributed by atoms with Crippen LogP contribution in [0.3, 0.4) is 0 Å². The molecule has 0 heterocycles. The minimum atomic E-state index is -0.654. The van der Waals surface area contributed by atoms with Gasteiger partial charge < -0.3 is 4.74 Å². The first kappa shape index (κ1) is 17.7. The van der Waals surface area contributed by atoms with Crippen molar-refractivity contribution >= 4 is 46.4 Å². The number of hydrogen-bond donors (Lipinski definition) is 0. The van der Waals surface area contributed by atoms with E-state index < -0.39 is 11.4 Å². The molecule has 0 aromatic heterocycles. The number of rotatable bonds is 4. The number of carbonyl (C=O) groups is 2. The fourth-order valence-electron chi connectivity index (χ4n) is 1.41. The summed E-state index contributed by atoms with van der Waals surface area (Å²) in [5.74, 6) is -0.768. The zero-order valence-electron chi connectivity index (χ0n) is 12.4. The molecule has 0 atom stereocenters. The molecule has 1 aromatic rings. The molecule has 1 rings (SSSR count). The molecular weight excluding hydrogens is 313 g/mol. The van der Waals surface area contributed by atoms with E-state index in [0.29, 0.717) is 15.7 Å². The Balaban J connectivity index is 3.16. The predicted octanol–water partition coefficient (Wildman–Crippen LogP) is 4.24. The number of nitrogens with zero attached hydrogens (tertiary/aromatic N) is 1. The molecule has 0 fully saturated rings. The maximum absolute atomic E-state index is 12.1. The van der Waals surface area contributed by atoms with Gasteiger partial charge in [0.1, 0.15) is 11.5 Å². The van der Waals surface area contributed by atoms with E-state index in [9.17, 15) is 9.59 Å². The predicted molar refractivity (Wildman–Crippen MR) is 84.7 cm³/mol. The van der Waals surface area contributed by atoms with Crippen LogP contribution in [0.2, 0.25) is 10.0 Å². The monoisotopic (exact) mass is 329 g/mol. The highest BCUT2D eigenvalue weighted by Gasteiger charge is 2.26. The fraction of sp³-hybridized carbons (Fsp3) is 0.400. The van der Waals surface area contributed by atoms with Crippen LogP contribution < -0.4 is 0 Å². The molecule has 1 aromatic carbocycles. The third-order valence-corrected chi connectivity index (χ3v) is 3.29. The van der Waals surface area contributed by atoms with Crippen LogP contribution in [0.5, 0.6) is 0 Å². The van der Waals surface area contributed by atoms with E-state index in [4.69, 9.17) is 23.2 Å². The molecule has 0 unspecified atom stereocenters. The Kier molecular flexibility index (Phi) is 5.93. The molecule has 0 saturated heterocycles. The van der Waals surface area contributed by atoms with E-state index >= 15 is 0 Å². The Morgan fingerprint density at radius 1 is 1.24 bits per heavy atom. The van der Waals surface area contributed by atoms with Crippen LogP contribution in [0.1, 0.15) is 27.2 Å². The summed E-state index contributed by atoms with van der Waals surface area (Å²) in [5, 5.41) is 0.761. The van der Waals surface area contributed by atoms with Crippen LogP contribution in [0.25, 0.3) is 0 Å². The van der Waals surface area contributed by atoms with Gasteiger partial charge in [0.2, 0.25) is 0 Å². The first-order valence-electron chi connectivity index (χ1n) is 6.29. The minimum absolute atomic E-state index is 0.0154. The molecule has 114 valence electrons. The summed E-state index contributed by atoms with van der Waals surface area (Å²) in [5.41, 5.74) is -0.191. The number of ether oxygens (including phenoxy) is 1. The van der Waals surface area contributed by atoms with Gasteiger partial charge in [0.05, 0.1) is 24.2 Å². The van der Waals surface area contributed by atoms with Crippen LogP contribution >= 0.6 is 23.2 Å². The van der Waals surface area contributed by atoms with Gasteiger partial charge in [0.15, 0.2) is 0 Å². The van der Waals surface area contributed by atoms with Crippen molar-refractivity contribution < 1.29 is 14.3 Å². The lowest BCUT2D eigenvalue weighted by atomic mass is 9.88. The molecule has 6 heteroatoms. The van der Waals surface area contributed by atoms with Gasteiger partial charge >= 0.3 is 5.97 Å². The maximum atomic E-state index is 12.1. The summed E-state index contributed by atoms with van der Waals surface area (Å²) in [7, 11) is 1.24. The third-order valence-electron chi connectivity index (χ3n) is 2.75. The van der Waals surface area contributed by atoms with Crippen molar-refractivity contribution in [3.05, 3.63) is 28.2 Å². The summed E-state index contributed by atoms with van der Waals surface area (Å²) in [6, 6.07) is 4.70. The van der Waals surface area contributed by atoms with Crippen LogP contribution in [-0.2, 0) is 14.3 Å². The number of Topliss-reactive ketones (excluding diaryl/α,β-unsaturated/α-hetero) is 1. The first-order valence-corrected chi connectivity index (χ1v) is 7.05. The van der Waals surface area contributed by atoms with Gasteiger partial charge in [-0.1, -0.05) is 44.0 Å². The average Bonchev–Trinajstić information content (AvgIpc) is 2.38. The molecule has 0 bridgehead atoms. The van der Waals surface area contributed by atoms with E-state index in [2.05, 4.69) is 9.73 Å². The number of ketones is 1. The Morgan fingerprint density at radius 3 is 2.33 bits per heavy atom. The van der Waals surface area contributed by atoms with Gasteiger partial charge in [0.25, 0.3) is 0 Å². The molecule has 0 radical (unpaired) electrons. The zero-order chi connectivity index (χ0) is 16.2. The van der Waals surface area contributed by atoms with Gasteiger partial charge in [-0.05, 0) is 18.2 Å². The topological polar surface area (TPSA) is 55.7 Å². The standard InChI is InChI=1S/C15H17Cl2NO3/c1-15(2,3)13(19)8-12(14(20)21-4)18-11-6-5-9(16)7-10(11)17/h5-7H,8H2,1-4H3. The van der Waals surface area contributed by atoms with Crippen molar-refractivity contribution in [3.8, 4) is 0 Å². The number of halogens is 2. The normalized spacial score (nSPS) is 12.2. The highest BCUT2D eigenvalue weighted by Crippen LogP contribution is 2.28. The highest BCUT2D eigenvalue weighted by atomic mass is 35.5. The van der Waals surface area contributed by atoms with Crippen molar-refractivity contribution in [3.63, 3.8) is 0 Å². The summed E-state index contributed by atoms with van der Waals surface area (Å²) in [4.78, 5) is 28.0. The van der Waals surface area contributed by atoms with Crippen LogP contribution in [-0.4, -0.2) is 24.6 Å². The van der Waals surface area contributed by atoms with Crippen LogP contribution in [0, 0.1) is 5.41 Å². The lowest BCUT2D eigenvalue weighted by Gasteiger charge is -2.16. The molecule has 21 heavy (non-hydrogen) atoms. The quantitative estimate of drug-likeness (QED) is 0.613. The Bertz CT molecular complexity index is 589. The Morgan fingerprint density at radius 2 is 1.86 bits per heavy atom. The van der Waals surface area contributed by atoms with Crippen molar-refractivity contribution in [2.45, 2.75) is 27.2 Å². The molecular formula is C15H17Cl2NO3. The Labute approximate surface area is 134 Å². The maximum Gasteiger partial charge on any atom is 0.352 e. The fourth-order valence-corrected chi connectivity index (χ4v) is 1.86. The average molecular weight is 330 g/mol. The summed E-state index contributed by atoms with van der Waals surface area (Å²) in [6.45, 7) is 5.33. The van der Waals surface area contributed by atoms with Crippen LogP contribution in [0.15, 0.2) is 23.2 Å². The van der Waals surface area contributed by atoms with Crippen LogP contribution in [0.4, 0.5) is 5.69 Å². The zero-order valence-corrected chi connectivity index (χ0v) is 13.9. The van der Waals surface area contributed by atoms with E-state index in [-0.39, 0.29) is 17.9 Å². The highest BCUT2D eigenvalue weighted by molar-refractivity contribution is 6.41. The van der Waals surface area contributed by atoms with E-state index in [1.165, 1.54) is 13.2 Å². The van der Waals surface area contributed by atoms with Crippen molar-refractivity contribution in [1.82, 2.24) is 0 Å². The van der Waals surface area contributed by atoms with Crippen molar-refractivity contribution in [2.24, 2.45) is 10.4 Å². The largest absolute Gasteiger partial charge is 0.465 e. The molecule has 0 aliphatic heterocycles. The summed E-state index contributed by atoms with van der Waals surface area (Å²) >= 11 is 11.8. The minimum Gasteiger partial charge on any atom is -0.465 e. The second-order valence-corrected chi connectivity index (χ2v) is 6.34. The molecule has 0 N–H and O–H groups in total. The van der Waals surface area contributed by atoms with Gasteiger partial charge in [-0.15, -0.1) is 0 Å². The lowest BCUT2D eigenvalue weighted by Crippen LogP contribution is -2.27. The number of carbonyl (C=O) groups excluding carboxylic acids is 2. The molecule has 0 amide bonds. The number of esters is 1. The number of aliphatic imine (C=N–C) groups is 1. The SMILES string of the molecule is COC(=O)C(CC(=O)C(C)(C)C)=Nc1ccc(Cl)cc1Cl. The number of methoxy groups -OCH3 is 1. The van der Waals surface area contributed by atoms with E-state index in [1.54, 1.807) is 32.9 Å². The second-order valence-electron chi connectivity index (χ2n) is 5.50. The van der Waals surface area contributed by atoms with Crippen molar-refractivity contribution in [1.29, 1.82) is 0 Å². The second kappa shape index (κ2) is 7.05. The summed E-state index contributed by atoms with van der Waals surface area (Å²) < 4.78 is 4.67. The van der Waals surface area contributed by atoms with Gasteiger partial charge in [-0.3, -0.25) is 4.79 Å². The number of hydrogen-bond acceptors (Lipinski definition) is 4. The van der Waals surface area contributed by atoms with Crippen molar-refractivity contribution in [2.75, 3.05) is 7.11 Å². The first-order chi connectivity index (χ1) is 9.65. The molecule has 0 aliphatic carbocycles. The van der Waals surface area contributed by atoms with Gasteiger partial charge in [0, 0.05) is 10.4 Å². The summed E-state index contributed by atoms with van der Waals surface area (Å²) in [6.07, 6.45) is -0.116. The third kappa shape index (κ3) is 5.14. The van der Waals surface area contributed by atoms with Gasteiger partial charge in [-0.25, -0.2) is 9.79 Å². The molecule has 0 saturated carbocycles. The van der Waals surface area contributed by atoms with Gasteiger partial charge in [-0.2, -0.15) is 0 Å². The molecule has 0 aliphatic rings. The smallest absolute Gasteiger partial charge is 0.352 e. The molecule has 4 nitrogen and oxygen atoms in total. The lowest BCUT2D eigenvalue weighted by molar-refractivity contribution is -0.134. The van der Waals surface area contributed by atoms with E-state index in [0.717, 1.165) is 0 Å². The van der Waals surface area contributed by atoms with E-state index in [1.807, 2.05) is 0 Å². The Hall–Kier alpha value is -1.39. The number of benzene rings is 1.